The highest BCUT2D eigenvalue weighted by molar-refractivity contribution is 5.75. The van der Waals surface area contributed by atoms with Crippen molar-refractivity contribution in [3.63, 3.8) is 0 Å². The van der Waals surface area contributed by atoms with Crippen LogP contribution in [-0.2, 0) is 4.79 Å². The van der Waals surface area contributed by atoms with Crippen LogP contribution in [0, 0.1) is 5.92 Å². The van der Waals surface area contributed by atoms with Gasteiger partial charge in [0.25, 0.3) is 0 Å². The number of hydrogen-bond acceptors (Lipinski definition) is 3. The second-order valence-corrected chi connectivity index (χ2v) is 5.29. The number of carbonyl (C=O) groups is 2. The van der Waals surface area contributed by atoms with Gasteiger partial charge in [0.2, 0.25) is 0 Å². The minimum Gasteiger partial charge on any atom is -0.481 e. The largest absolute Gasteiger partial charge is 0.481 e. The summed E-state index contributed by atoms with van der Waals surface area (Å²) in [6.45, 7) is 3.13. The van der Waals surface area contributed by atoms with Crippen molar-refractivity contribution in [1.29, 1.82) is 0 Å². The van der Waals surface area contributed by atoms with Crippen LogP contribution in [0.1, 0.15) is 32.6 Å². The van der Waals surface area contributed by atoms with Crippen molar-refractivity contribution < 1.29 is 14.7 Å². The molecule has 0 aromatic carbocycles. The summed E-state index contributed by atoms with van der Waals surface area (Å²) in [5, 5.41) is 14.0. The van der Waals surface area contributed by atoms with E-state index < -0.39 is 11.9 Å². The van der Waals surface area contributed by atoms with Gasteiger partial charge in [0.1, 0.15) is 0 Å². The first kappa shape index (κ1) is 15.8. The van der Waals surface area contributed by atoms with Crippen molar-refractivity contribution in [2.45, 2.75) is 38.6 Å². The summed E-state index contributed by atoms with van der Waals surface area (Å²) in [7, 11) is 2.09. The van der Waals surface area contributed by atoms with Crippen LogP contribution in [0.5, 0.6) is 0 Å². The predicted octanol–water partition coefficient (Wildman–Crippen LogP) is 0.881. The van der Waals surface area contributed by atoms with Crippen LogP contribution in [0.3, 0.4) is 0 Å². The molecule has 1 aliphatic carbocycles. The van der Waals surface area contributed by atoms with Gasteiger partial charge in [-0.1, -0.05) is 19.8 Å². The molecule has 2 amide bonds. The molecule has 6 heteroatoms. The molecule has 1 unspecified atom stereocenters. The molecule has 0 spiro atoms. The second kappa shape index (κ2) is 7.99. The molecule has 0 aliphatic heterocycles. The normalized spacial score (nSPS) is 17.4. The molecule has 0 aromatic rings. The Kier molecular flexibility index (Phi) is 6.62. The third kappa shape index (κ3) is 5.92. The maximum Gasteiger partial charge on any atom is 0.314 e. The van der Waals surface area contributed by atoms with E-state index in [0.29, 0.717) is 12.6 Å². The van der Waals surface area contributed by atoms with E-state index in [-0.39, 0.29) is 12.6 Å². The first-order chi connectivity index (χ1) is 9.00. The number of amides is 2. The summed E-state index contributed by atoms with van der Waals surface area (Å²) in [6, 6.07) is 0.352. The zero-order valence-electron chi connectivity index (χ0n) is 11.8. The number of carboxylic acids is 1. The van der Waals surface area contributed by atoms with Gasteiger partial charge in [-0.25, -0.2) is 4.79 Å². The van der Waals surface area contributed by atoms with Crippen LogP contribution in [0.25, 0.3) is 0 Å². The number of carbonyl (C=O) groups excluding carboxylic acids is 1. The Morgan fingerprint density at radius 1 is 1.32 bits per heavy atom. The van der Waals surface area contributed by atoms with Crippen LogP contribution in [0.15, 0.2) is 0 Å². The quantitative estimate of drug-likeness (QED) is 0.642. The van der Waals surface area contributed by atoms with Crippen molar-refractivity contribution in [3.8, 4) is 0 Å². The fraction of sp³-hybridized carbons (Fsp3) is 0.846. The first-order valence-electron chi connectivity index (χ1n) is 6.95. The smallest absolute Gasteiger partial charge is 0.314 e. The summed E-state index contributed by atoms with van der Waals surface area (Å²) in [6.07, 6.45) is 5.10. The number of aliphatic carboxylic acids is 1. The molecule has 1 aliphatic rings. The molecule has 110 valence electrons. The Balaban J connectivity index is 2.08. The number of urea groups is 1. The minimum atomic E-state index is -0.902. The standard InChI is InChI=1S/C13H25N3O3/c1-10(12(17)18)9-15-13(19)14-7-8-16(2)11-5-3-4-6-11/h10-11H,3-9H2,1-2H3,(H,17,18)(H2,14,15,19). The lowest BCUT2D eigenvalue weighted by atomic mass is 10.2. The fourth-order valence-corrected chi connectivity index (χ4v) is 2.27. The van der Waals surface area contributed by atoms with Gasteiger partial charge < -0.3 is 20.6 Å². The summed E-state index contributed by atoms with van der Waals surface area (Å²) >= 11 is 0. The van der Waals surface area contributed by atoms with Crippen LogP contribution in [-0.4, -0.2) is 54.7 Å². The molecule has 6 nitrogen and oxygen atoms in total. The van der Waals surface area contributed by atoms with Crippen molar-refractivity contribution >= 4 is 12.0 Å². The molecule has 1 fully saturated rings. The molecule has 1 saturated carbocycles. The number of nitrogens with zero attached hydrogens (tertiary/aromatic N) is 1. The molecule has 0 bridgehead atoms. The molecule has 0 radical (unpaired) electrons. The molecule has 0 heterocycles. The van der Waals surface area contributed by atoms with E-state index in [1.54, 1.807) is 6.92 Å². The highest BCUT2D eigenvalue weighted by Crippen LogP contribution is 2.21. The SMILES string of the molecule is CC(CNC(=O)NCCN(C)C1CCCC1)C(=O)O. The third-order valence-corrected chi connectivity index (χ3v) is 3.69. The van der Waals surface area contributed by atoms with E-state index in [0.717, 1.165) is 6.54 Å². The molecule has 3 N–H and O–H groups in total. The number of rotatable bonds is 7. The zero-order chi connectivity index (χ0) is 14.3. The second-order valence-electron chi connectivity index (χ2n) is 5.29. The van der Waals surface area contributed by atoms with Gasteiger partial charge >= 0.3 is 12.0 Å². The Morgan fingerprint density at radius 2 is 1.95 bits per heavy atom. The van der Waals surface area contributed by atoms with Crippen LogP contribution >= 0.6 is 0 Å². The summed E-state index contributed by atoms with van der Waals surface area (Å²) in [5.74, 6) is -1.46. The van der Waals surface area contributed by atoms with Gasteiger partial charge in [-0.3, -0.25) is 4.79 Å². The van der Waals surface area contributed by atoms with Gasteiger partial charge in [0.15, 0.2) is 0 Å². The minimum absolute atomic E-state index is 0.152. The fourth-order valence-electron chi connectivity index (χ4n) is 2.27. The summed E-state index contributed by atoms with van der Waals surface area (Å²) in [4.78, 5) is 24.3. The Hall–Kier alpha value is -1.30. The summed E-state index contributed by atoms with van der Waals surface area (Å²) in [5.41, 5.74) is 0. The zero-order valence-corrected chi connectivity index (χ0v) is 11.8. The average molecular weight is 271 g/mol. The van der Waals surface area contributed by atoms with E-state index in [2.05, 4.69) is 22.6 Å². The molecular formula is C13H25N3O3. The third-order valence-electron chi connectivity index (χ3n) is 3.69. The maximum absolute atomic E-state index is 11.4. The highest BCUT2D eigenvalue weighted by atomic mass is 16.4. The van der Waals surface area contributed by atoms with Crippen molar-refractivity contribution in [3.05, 3.63) is 0 Å². The van der Waals surface area contributed by atoms with E-state index in [1.165, 1.54) is 25.7 Å². The van der Waals surface area contributed by atoms with Gasteiger partial charge in [-0.2, -0.15) is 0 Å². The Labute approximate surface area is 114 Å². The molecule has 0 aromatic heterocycles. The van der Waals surface area contributed by atoms with Crippen LogP contribution in [0.2, 0.25) is 0 Å². The molecule has 1 rings (SSSR count). The van der Waals surface area contributed by atoms with Crippen LogP contribution in [0.4, 0.5) is 4.79 Å². The van der Waals surface area contributed by atoms with Gasteiger partial charge in [0, 0.05) is 25.7 Å². The van der Waals surface area contributed by atoms with Crippen molar-refractivity contribution in [2.24, 2.45) is 5.92 Å². The topological polar surface area (TPSA) is 81.7 Å². The van der Waals surface area contributed by atoms with E-state index in [9.17, 15) is 9.59 Å². The predicted molar refractivity (Wildman–Crippen MR) is 73.1 cm³/mol. The van der Waals surface area contributed by atoms with Crippen LogP contribution < -0.4 is 10.6 Å². The number of carboxylic acid groups (broad SMARTS) is 1. The van der Waals surface area contributed by atoms with E-state index in [1.807, 2.05) is 0 Å². The lowest BCUT2D eigenvalue weighted by Crippen LogP contribution is -2.43. The molecule has 0 saturated heterocycles. The van der Waals surface area contributed by atoms with E-state index >= 15 is 0 Å². The Morgan fingerprint density at radius 3 is 2.53 bits per heavy atom. The first-order valence-corrected chi connectivity index (χ1v) is 6.95. The molecular weight excluding hydrogens is 246 g/mol. The van der Waals surface area contributed by atoms with Gasteiger partial charge in [-0.05, 0) is 19.9 Å². The number of nitrogens with one attached hydrogen (secondary N) is 2. The van der Waals surface area contributed by atoms with Crippen molar-refractivity contribution in [2.75, 3.05) is 26.7 Å². The molecule has 1 atom stereocenters. The van der Waals surface area contributed by atoms with E-state index in [4.69, 9.17) is 5.11 Å². The van der Waals surface area contributed by atoms with Gasteiger partial charge in [0.05, 0.1) is 5.92 Å². The highest BCUT2D eigenvalue weighted by Gasteiger charge is 2.19. The number of hydrogen-bond donors (Lipinski definition) is 3. The molecule has 19 heavy (non-hydrogen) atoms. The lowest BCUT2D eigenvalue weighted by molar-refractivity contribution is -0.140. The monoisotopic (exact) mass is 271 g/mol. The summed E-state index contributed by atoms with van der Waals surface area (Å²) < 4.78 is 0. The maximum atomic E-state index is 11.4. The Bertz CT molecular complexity index is 304. The van der Waals surface area contributed by atoms with Crippen molar-refractivity contribution in [1.82, 2.24) is 15.5 Å². The average Bonchev–Trinajstić information content (AvgIpc) is 2.89. The van der Waals surface area contributed by atoms with Gasteiger partial charge in [-0.15, -0.1) is 0 Å². The lowest BCUT2D eigenvalue weighted by Gasteiger charge is -2.23. The number of likely N-dealkylation sites (N-methyl/N-ethyl adjacent to an activating group) is 1.